The molecule has 0 fully saturated rings. The minimum absolute atomic E-state index is 0. The summed E-state index contributed by atoms with van der Waals surface area (Å²) in [5, 5.41) is 36.8. The van der Waals surface area contributed by atoms with Crippen molar-refractivity contribution in [1.82, 2.24) is 0 Å². The van der Waals surface area contributed by atoms with Gasteiger partial charge in [-0.25, -0.2) is 0 Å². The van der Waals surface area contributed by atoms with E-state index in [-0.39, 0.29) is 22.4 Å². The standard InChI is InChI=1S/C5H8O6.Ag/c6-1-5(2-7,3(8)9)4(10)11;/h6-7H,1-2H2,(H,8,9)(H,10,11);/q;+2/p-2. The van der Waals surface area contributed by atoms with E-state index >= 15 is 0 Å². The molecule has 2 N–H and O–H groups in total. The molecule has 0 saturated heterocycles. The SMILES string of the molecule is O=C([O-])C(CO)(CO)C(=O)[O-].[Ag+2]. The Kier molecular flexibility index (Phi) is 6.23. The minimum atomic E-state index is -2.69. The van der Waals surface area contributed by atoms with Crippen molar-refractivity contribution in [3.63, 3.8) is 0 Å². The van der Waals surface area contributed by atoms with Gasteiger partial charge in [0.25, 0.3) is 0 Å². The van der Waals surface area contributed by atoms with Crippen LogP contribution in [0.25, 0.3) is 0 Å². The molecule has 0 aromatic heterocycles. The van der Waals surface area contributed by atoms with Crippen molar-refractivity contribution in [3.8, 4) is 0 Å². The quantitative estimate of drug-likeness (QED) is 0.392. The van der Waals surface area contributed by atoms with Crippen LogP contribution < -0.4 is 10.2 Å². The molecule has 0 bridgehead atoms. The fourth-order valence-electron chi connectivity index (χ4n) is 0.392. The van der Waals surface area contributed by atoms with Crippen LogP contribution >= 0.6 is 0 Å². The minimum Gasteiger partial charge on any atom is -0.549 e. The van der Waals surface area contributed by atoms with Crippen LogP contribution in [0.15, 0.2) is 0 Å². The van der Waals surface area contributed by atoms with Crippen molar-refractivity contribution in [2.45, 2.75) is 0 Å². The third-order valence-corrected chi connectivity index (χ3v) is 1.32. The van der Waals surface area contributed by atoms with Crippen molar-refractivity contribution < 1.29 is 52.4 Å². The first-order chi connectivity index (χ1) is 5.01. The van der Waals surface area contributed by atoms with Gasteiger partial charge in [0.2, 0.25) is 0 Å². The van der Waals surface area contributed by atoms with Gasteiger partial charge in [0.1, 0.15) is 0 Å². The summed E-state index contributed by atoms with van der Waals surface area (Å²) in [6.45, 7) is -2.51. The Balaban J connectivity index is 0. The maximum absolute atomic E-state index is 10.1. The van der Waals surface area contributed by atoms with Crippen LogP contribution in [0.1, 0.15) is 0 Å². The maximum atomic E-state index is 10.1. The van der Waals surface area contributed by atoms with Crippen LogP contribution in [0.3, 0.4) is 0 Å². The number of carboxylic acids is 2. The van der Waals surface area contributed by atoms with Crippen molar-refractivity contribution in [3.05, 3.63) is 0 Å². The van der Waals surface area contributed by atoms with Crippen molar-refractivity contribution in [1.29, 1.82) is 0 Å². The van der Waals surface area contributed by atoms with Gasteiger partial charge in [0, 0.05) is 0 Å². The van der Waals surface area contributed by atoms with E-state index in [1.165, 1.54) is 0 Å². The second kappa shape index (κ2) is 5.28. The predicted molar refractivity (Wildman–Crippen MR) is 26.6 cm³/mol. The van der Waals surface area contributed by atoms with Gasteiger partial charge < -0.3 is 30.0 Å². The first kappa shape index (κ1) is 14.1. The molecule has 0 atom stereocenters. The zero-order valence-corrected chi connectivity index (χ0v) is 7.23. The monoisotopic (exact) mass is 269 g/mol. The second-order valence-corrected chi connectivity index (χ2v) is 1.97. The first-order valence-corrected chi connectivity index (χ1v) is 2.66. The van der Waals surface area contributed by atoms with Gasteiger partial charge >= 0.3 is 22.4 Å². The van der Waals surface area contributed by atoms with E-state index in [1.807, 2.05) is 0 Å². The molecule has 12 heavy (non-hydrogen) atoms. The second-order valence-electron chi connectivity index (χ2n) is 1.97. The summed E-state index contributed by atoms with van der Waals surface area (Å²) in [7, 11) is 0. The molecule has 73 valence electrons. The van der Waals surface area contributed by atoms with Crippen molar-refractivity contribution in [2.24, 2.45) is 5.41 Å². The molecular weight excluding hydrogens is 264 g/mol. The Morgan fingerprint density at radius 3 is 1.33 bits per heavy atom. The van der Waals surface area contributed by atoms with E-state index in [2.05, 4.69) is 0 Å². The van der Waals surface area contributed by atoms with Gasteiger partial charge in [0.15, 0.2) is 0 Å². The first-order valence-electron chi connectivity index (χ1n) is 2.66. The molecule has 0 unspecified atom stereocenters. The van der Waals surface area contributed by atoms with Crippen LogP contribution in [-0.2, 0) is 32.0 Å². The van der Waals surface area contributed by atoms with Gasteiger partial charge in [-0.1, -0.05) is 0 Å². The van der Waals surface area contributed by atoms with Gasteiger partial charge in [-0.3, -0.25) is 0 Å². The third kappa shape index (κ3) is 2.29. The topological polar surface area (TPSA) is 121 Å². The molecule has 1 radical (unpaired) electrons. The summed E-state index contributed by atoms with van der Waals surface area (Å²) in [6, 6.07) is 0. The van der Waals surface area contributed by atoms with Crippen LogP contribution in [0.5, 0.6) is 0 Å². The average molecular weight is 270 g/mol. The number of hydrogen-bond donors (Lipinski definition) is 2. The maximum Gasteiger partial charge on any atom is 2.00 e. The Bertz CT molecular complexity index is 159. The fourth-order valence-corrected chi connectivity index (χ4v) is 0.392. The van der Waals surface area contributed by atoms with Gasteiger partial charge in [-0.15, -0.1) is 0 Å². The van der Waals surface area contributed by atoms with E-state index in [4.69, 9.17) is 10.2 Å². The molecule has 0 aromatic carbocycles. The molecule has 0 aliphatic carbocycles. The van der Waals surface area contributed by atoms with Crippen LogP contribution in [-0.4, -0.2) is 35.4 Å². The molecule has 0 saturated carbocycles. The smallest absolute Gasteiger partial charge is 0.549 e. The number of rotatable bonds is 4. The zero-order valence-electron chi connectivity index (χ0n) is 5.74. The molecule has 0 rings (SSSR count). The average Bonchev–Trinajstić information content (AvgIpc) is 1.90. The molecule has 6 nitrogen and oxygen atoms in total. The van der Waals surface area contributed by atoms with Gasteiger partial charge in [0.05, 0.1) is 30.6 Å². The molecule has 0 aromatic rings. The van der Waals surface area contributed by atoms with Crippen LogP contribution in [0, 0.1) is 5.41 Å². The van der Waals surface area contributed by atoms with Crippen LogP contribution in [0.4, 0.5) is 0 Å². The fraction of sp³-hybridized carbons (Fsp3) is 0.600. The molecule has 7 heteroatoms. The molecule has 0 aliphatic heterocycles. The molecular formula is C5H6AgO6. The Hall–Kier alpha value is -0.400. The number of aliphatic carboxylic acids is 2. The number of aliphatic hydroxyl groups excluding tert-OH is 2. The van der Waals surface area contributed by atoms with Crippen molar-refractivity contribution in [2.75, 3.05) is 13.2 Å². The van der Waals surface area contributed by atoms with E-state index < -0.39 is 30.6 Å². The number of aliphatic hydroxyl groups is 2. The predicted octanol–water partition coefficient (Wildman–Crippen LogP) is -4.55. The zero-order chi connectivity index (χ0) is 9.07. The Morgan fingerprint density at radius 2 is 1.33 bits per heavy atom. The number of hydrogen-bond acceptors (Lipinski definition) is 6. The molecule has 0 amide bonds. The molecule has 0 heterocycles. The molecule has 0 spiro atoms. The normalized spacial score (nSPS) is 10.2. The van der Waals surface area contributed by atoms with Gasteiger partial charge in [-0.05, 0) is 0 Å². The van der Waals surface area contributed by atoms with E-state index in [9.17, 15) is 19.8 Å². The summed E-state index contributed by atoms with van der Waals surface area (Å²) in [6.07, 6.45) is 0. The summed E-state index contributed by atoms with van der Waals surface area (Å²) in [4.78, 5) is 20.1. The number of carbonyl (C=O) groups excluding carboxylic acids is 2. The summed E-state index contributed by atoms with van der Waals surface area (Å²) in [5.41, 5.74) is -2.69. The van der Waals surface area contributed by atoms with E-state index in [0.717, 1.165) is 0 Å². The Labute approximate surface area is 83.3 Å². The van der Waals surface area contributed by atoms with E-state index in [1.54, 1.807) is 0 Å². The Morgan fingerprint density at radius 1 is 1.08 bits per heavy atom. The third-order valence-electron chi connectivity index (χ3n) is 1.32. The number of carboxylic acid groups (broad SMARTS) is 2. The van der Waals surface area contributed by atoms with Gasteiger partial charge in [-0.2, -0.15) is 0 Å². The number of carbonyl (C=O) groups is 2. The summed E-state index contributed by atoms with van der Waals surface area (Å²) >= 11 is 0. The molecule has 0 aliphatic rings. The summed E-state index contributed by atoms with van der Waals surface area (Å²) in [5.74, 6) is -4.13. The summed E-state index contributed by atoms with van der Waals surface area (Å²) < 4.78 is 0. The van der Waals surface area contributed by atoms with E-state index in [0.29, 0.717) is 0 Å². The van der Waals surface area contributed by atoms with Crippen molar-refractivity contribution >= 4 is 11.9 Å². The largest absolute Gasteiger partial charge is 2.00 e. The van der Waals surface area contributed by atoms with Crippen LogP contribution in [0.2, 0.25) is 0 Å².